The Kier molecular flexibility index (Phi) is 8.65. The molecule has 1 saturated heterocycles. The summed E-state index contributed by atoms with van der Waals surface area (Å²) in [7, 11) is -1.34. The van der Waals surface area contributed by atoms with Crippen LogP contribution >= 0.6 is 0 Å². The fourth-order valence-corrected chi connectivity index (χ4v) is 4.56. The lowest BCUT2D eigenvalue weighted by molar-refractivity contribution is 0.0572. The molecule has 2 aromatic rings. The van der Waals surface area contributed by atoms with Crippen molar-refractivity contribution in [2.24, 2.45) is 0 Å². The second-order valence-corrected chi connectivity index (χ2v) is 15.4. The molecular weight excluding hydrogens is 458 g/mol. The molecule has 1 N–H and O–H groups in total. The molecule has 1 fully saturated rings. The number of piperidine rings is 1. The predicted octanol–water partition coefficient (Wildman–Crippen LogP) is 5.87. The summed E-state index contributed by atoms with van der Waals surface area (Å²) in [4.78, 5) is 26.6. The summed E-state index contributed by atoms with van der Waals surface area (Å²) in [5, 5.41) is 2.80. The van der Waals surface area contributed by atoms with E-state index in [-0.39, 0.29) is 18.7 Å². The number of halogens is 2. The Morgan fingerprint density at radius 3 is 2.50 bits per heavy atom. The molecule has 0 spiro atoms. The van der Waals surface area contributed by atoms with Gasteiger partial charge in [-0.2, -0.15) is 0 Å². The van der Waals surface area contributed by atoms with Crippen LogP contribution in [0.5, 0.6) is 0 Å². The summed E-state index contributed by atoms with van der Waals surface area (Å²) in [5.74, 6) is -1.18. The van der Waals surface area contributed by atoms with Gasteiger partial charge in [-0.25, -0.2) is 18.4 Å². The van der Waals surface area contributed by atoms with Gasteiger partial charge in [0.25, 0.3) is 0 Å². The van der Waals surface area contributed by atoms with E-state index in [0.717, 1.165) is 29.8 Å². The van der Waals surface area contributed by atoms with E-state index in [2.05, 4.69) is 25.0 Å². The maximum atomic E-state index is 14.6. The molecule has 3 rings (SSSR count). The van der Waals surface area contributed by atoms with Crippen LogP contribution in [-0.4, -0.2) is 44.4 Å². The Balaban J connectivity index is 1.69. The molecule has 0 aromatic heterocycles. The zero-order valence-corrected chi connectivity index (χ0v) is 20.9. The van der Waals surface area contributed by atoms with Gasteiger partial charge < -0.3 is 14.8 Å². The molecule has 9 heteroatoms. The van der Waals surface area contributed by atoms with Crippen molar-refractivity contribution in [2.75, 3.05) is 13.2 Å². The first-order valence-electron chi connectivity index (χ1n) is 11.5. The fraction of sp³-hybridized carbons (Fsp3) is 0.440. The van der Waals surface area contributed by atoms with Crippen LogP contribution in [0.15, 0.2) is 48.5 Å². The molecule has 34 heavy (non-hydrogen) atoms. The van der Waals surface area contributed by atoms with Gasteiger partial charge in [0.15, 0.2) is 0 Å². The fourth-order valence-electron chi connectivity index (χ4n) is 3.84. The third-order valence-corrected chi connectivity index (χ3v) is 7.45. The number of nitrogens with zero attached hydrogens (tertiary/aromatic N) is 1. The lowest BCUT2D eigenvalue weighted by atomic mass is 9.92. The van der Waals surface area contributed by atoms with Crippen LogP contribution in [-0.2, 0) is 16.1 Å². The van der Waals surface area contributed by atoms with E-state index in [1.165, 1.54) is 4.90 Å². The molecule has 2 unspecified atom stereocenters. The smallest absolute Gasteiger partial charge is 0.410 e. The molecule has 1 aliphatic heterocycles. The number of rotatable bonds is 7. The summed E-state index contributed by atoms with van der Waals surface area (Å²) in [5.41, 5.74) is 0.898. The first-order chi connectivity index (χ1) is 16.1. The summed E-state index contributed by atoms with van der Waals surface area (Å²) < 4.78 is 39.2. The number of ether oxygens (including phenoxy) is 2. The largest absolute Gasteiger partial charge is 0.450 e. The summed E-state index contributed by atoms with van der Waals surface area (Å²) in [6.07, 6.45) is -0.389. The zero-order valence-electron chi connectivity index (χ0n) is 19.9. The van der Waals surface area contributed by atoms with Crippen molar-refractivity contribution in [3.8, 4) is 0 Å². The lowest BCUT2D eigenvalue weighted by Gasteiger charge is -2.39. The van der Waals surface area contributed by atoms with E-state index in [0.29, 0.717) is 19.4 Å². The van der Waals surface area contributed by atoms with Gasteiger partial charge in [-0.3, -0.25) is 4.90 Å². The molecule has 0 saturated carbocycles. The molecule has 0 radical (unpaired) electrons. The zero-order chi connectivity index (χ0) is 24.7. The SMILES string of the molecule is C[Si](C)(C)CCOC(=O)NC1CCC(c2cc(F)ccc2F)N(C(=O)OCc2ccccc2)C1. The molecule has 2 atom stereocenters. The van der Waals surface area contributed by atoms with Gasteiger partial charge in [0.1, 0.15) is 18.2 Å². The Hall–Kier alpha value is -2.94. The van der Waals surface area contributed by atoms with Crippen LogP contribution in [0.4, 0.5) is 18.4 Å². The number of likely N-dealkylation sites (tertiary alicyclic amines) is 1. The second kappa shape index (κ2) is 11.5. The van der Waals surface area contributed by atoms with Crippen molar-refractivity contribution in [3.05, 3.63) is 71.3 Å². The van der Waals surface area contributed by atoms with E-state index in [4.69, 9.17) is 9.47 Å². The summed E-state index contributed by atoms with van der Waals surface area (Å²) in [6.45, 7) is 7.07. The van der Waals surface area contributed by atoms with Gasteiger partial charge in [-0.05, 0) is 42.6 Å². The minimum Gasteiger partial charge on any atom is -0.450 e. The topological polar surface area (TPSA) is 67.9 Å². The average Bonchev–Trinajstić information content (AvgIpc) is 2.79. The Morgan fingerprint density at radius 1 is 1.06 bits per heavy atom. The summed E-state index contributed by atoms with van der Waals surface area (Å²) >= 11 is 0. The number of nitrogens with one attached hydrogen (secondary N) is 1. The molecule has 2 amide bonds. The van der Waals surface area contributed by atoms with Gasteiger partial charge in [0, 0.05) is 20.2 Å². The molecule has 0 bridgehead atoms. The van der Waals surface area contributed by atoms with Crippen LogP contribution in [0.2, 0.25) is 25.7 Å². The third-order valence-electron chi connectivity index (χ3n) is 5.75. The van der Waals surface area contributed by atoms with E-state index in [1.54, 1.807) is 0 Å². The highest BCUT2D eigenvalue weighted by molar-refractivity contribution is 6.76. The van der Waals surface area contributed by atoms with Crippen LogP contribution < -0.4 is 5.32 Å². The number of carbonyl (C=O) groups excluding carboxylic acids is 2. The van der Waals surface area contributed by atoms with Crippen LogP contribution in [0.3, 0.4) is 0 Å². The Bertz CT molecular complexity index is 985. The highest BCUT2D eigenvalue weighted by atomic mass is 28.3. The highest BCUT2D eigenvalue weighted by Crippen LogP contribution is 2.33. The maximum absolute atomic E-state index is 14.6. The van der Waals surface area contributed by atoms with Gasteiger partial charge >= 0.3 is 12.2 Å². The van der Waals surface area contributed by atoms with Gasteiger partial charge in [-0.1, -0.05) is 50.0 Å². The standard InChI is InChI=1S/C25H32F2N2O4Si/c1-34(2,3)14-13-32-24(30)28-20-10-12-23(21-15-19(26)9-11-22(21)27)29(16-20)25(31)33-17-18-7-5-4-6-8-18/h4-9,11,15,20,23H,10,12-14,16-17H2,1-3H3,(H,28,30). The van der Waals surface area contributed by atoms with E-state index in [1.807, 2.05) is 30.3 Å². The molecule has 6 nitrogen and oxygen atoms in total. The number of alkyl carbamates (subject to hydrolysis) is 1. The van der Waals surface area contributed by atoms with Crippen LogP contribution in [0, 0.1) is 11.6 Å². The van der Waals surface area contributed by atoms with Crippen LogP contribution in [0.25, 0.3) is 0 Å². The first kappa shape index (κ1) is 25.7. The molecule has 0 aliphatic carbocycles. The number of amides is 2. The van der Waals surface area contributed by atoms with Crippen molar-refractivity contribution in [1.82, 2.24) is 10.2 Å². The lowest BCUT2D eigenvalue weighted by Crippen LogP contribution is -2.51. The minimum absolute atomic E-state index is 0.0470. The minimum atomic E-state index is -1.34. The average molecular weight is 491 g/mol. The number of carbonyl (C=O) groups is 2. The van der Waals surface area contributed by atoms with Crippen molar-refractivity contribution in [1.29, 1.82) is 0 Å². The first-order valence-corrected chi connectivity index (χ1v) is 15.2. The molecule has 184 valence electrons. The van der Waals surface area contributed by atoms with E-state index < -0.39 is 44.0 Å². The Labute approximate surface area is 200 Å². The van der Waals surface area contributed by atoms with Crippen molar-refractivity contribution >= 4 is 20.3 Å². The monoisotopic (exact) mass is 490 g/mol. The third kappa shape index (κ3) is 7.55. The Morgan fingerprint density at radius 2 is 1.79 bits per heavy atom. The van der Waals surface area contributed by atoms with Crippen molar-refractivity contribution in [3.63, 3.8) is 0 Å². The van der Waals surface area contributed by atoms with Crippen molar-refractivity contribution in [2.45, 2.75) is 57.2 Å². The van der Waals surface area contributed by atoms with Gasteiger partial charge in [0.05, 0.1) is 18.7 Å². The number of hydrogen-bond acceptors (Lipinski definition) is 4. The van der Waals surface area contributed by atoms with E-state index >= 15 is 0 Å². The maximum Gasteiger partial charge on any atom is 0.410 e. The molecule has 1 aliphatic rings. The van der Waals surface area contributed by atoms with Gasteiger partial charge in [0.2, 0.25) is 0 Å². The quantitative estimate of drug-likeness (QED) is 0.493. The molecular formula is C25H32F2N2O4Si. The second-order valence-electron chi connectivity index (χ2n) is 9.74. The van der Waals surface area contributed by atoms with Crippen LogP contribution in [0.1, 0.15) is 30.0 Å². The normalized spacial score (nSPS) is 18.3. The van der Waals surface area contributed by atoms with E-state index in [9.17, 15) is 18.4 Å². The predicted molar refractivity (Wildman–Crippen MR) is 128 cm³/mol. The van der Waals surface area contributed by atoms with Crippen molar-refractivity contribution < 1.29 is 27.8 Å². The highest BCUT2D eigenvalue weighted by Gasteiger charge is 2.36. The number of benzene rings is 2. The summed E-state index contributed by atoms with van der Waals surface area (Å²) in [6, 6.07) is 12.1. The number of hydrogen-bond donors (Lipinski definition) is 1. The molecule has 2 aromatic carbocycles. The van der Waals surface area contributed by atoms with Gasteiger partial charge in [-0.15, -0.1) is 0 Å². The molecule has 1 heterocycles.